The zero-order valence-corrected chi connectivity index (χ0v) is 24.0. The second-order valence-corrected chi connectivity index (χ2v) is 9.74. The van der Waals surface area contributed by atoms with Gasteiger partial charge in [0.1, 0.15) is 36.8 Å². The summed E-state index contributed by atoms with van der Waals surface area (Å²) in [5.41, 5.74) is -0.254. The minimum atomic E-state index is -1.85. The first-order valence-corrected chi connectivity index (χ1v) is 13.2. The van der Waals surface area contributed by atoms with Crippen LogP contribution in [0.2, 0.25) is 0 Å². The van der Waals surface area contributed by atoms with E-state index in [4.69, 9.17) is 37.9 Å². The molecule has 2 fully saturated rings. The average molecular weight is 632 g/mol. The first-order valence-electron chi connectivity index (χ1n) is 13.2. The summed E-state index contributed by atoms with van der Waals surface area (Å²) in [5.74, 6) is -3.40. The number of hydrogen-bond donors (Lipinski definition) is 3. The second kappa shape index (κ2) is 15.2. The van der Waals surface area contributed by atoms with Crippen LogP contribution in [0.5, 0.6) is 5.75 Å². The topological polar surface area (TPSA) is 246 Å². The van der Waals surface area contributed by atoms with Gasteiger partial charge < -0.3 is 53.2 Å². The first-order chi connectivity index (χ1) is 20.7. The molecule has 1 aromatic carbocycles. The third kappa shape index (κ3) is 8.80. The predicted molar refractivity (Wildman–Crippen MR) is 138 cm³/mol. The average Bonchev–Trinajstić information content (AvgIpc) is 2.94. The van der Waals surface area contributed by atoms with E-state index in [1.165, 1.54) is 12.1 Å². The van der Waals surface area contributed by atoms with Crippen LogP contribution in [0.4, 0.5) is 5.69 Å². The number of esters is 4. The minimum Gasteiger partial charge on any atom is -0.463 e. The van der Waals surface area contributed by atoms with Gasteiger partial charge in [-0.15, -0.1) is 0 Å². The Labute approximate surface area is 249 Å². The van der Waals surface area contributed by atoms with Crippen molar-refractivity contribution in [3.63, 3.8) is 0 Å². The highest BCUT2D eigenvalue weighted by atomic mass is 16.8. The van der Waals surface area contributed by atoms with E-state index in [1.807, 2.05) is 0 Å². The maximum Gasteiger partial charge on any atom is 0.303 e. The highest BCUT2D eigenvalue weighted by Gasteiger charge is 2.56. The van der Waals surface area contributed by atoms with Crippen LogP contribution in [0.3, 0.4) is 0 Å². The highest BCUT2D eigenvalue weighted by Crippen LogP contribution is 2.34. The monoisotopic (exact) mass is 631 g/mol. The summed E-state index contributed by atoms with van der Waals surface area (Å²) in [7, 11) is 0. The van der Waals surface area contributed by atoms with Gasteiger partial charge in [-0.3, -0.25) is 29.3 Å². The largest absolute Gasteiger partial charge is 0.463 e. The summed E-state index contributed by atoms with van der Waals surface area (Å²) in [6.45, 7) is 2.87. The first kappa shape index (κ1) is 34.5. The lowest BCUT2D eigenvalue weighted by Crippen LogP contribution is -2.66. The van der Waals surface area contributed by atoms with E-state index in [1.54, 1.807) is 0 Å². The number of hydrogen-bond acceptors (Lipinski definition) is 17. The van der Waals surface area contributed by atoms with Crippen molar-refractivity contribution < 1.29 is 77.3 Å². The summed E-state index contributed by atoms with van der Waals surface area (Å²) in [5, 5.41) is 42.3. The smallest absolute Gasteiger partial charge is 0.303 e. The molecule has 3 N–H and O–H groups in total. The number of nitro benzene ring substituents is 1. The van der Waals surface area contributed by atoms with Gasteiger partial charge in [-0.1, -0.05) is 0 Å². The van der Waals surface area contributed by atoms with Gasteiger partial charge in [0, 0.05) is 39.8 Å². The zero-order valence-electron chi connectivity index (χ0n) is 24.0. The second-order valence-electron chi connectivity index (χ2n) is 9.74. The van der Waals surface area contributed by atoms with Crippen LogP contribution in [0.25, 0.3) is 0 Å². The standard InChI is InChI=1S/C26H33NO17/c1-11(29)37-10-18-21(38-12(2)30)23(39-13(3)31)24(40-14(4)32)26(43-18)44-22-20(34)19(33)17(9-28)42-25(22)41-16-7-5-15(6-8-16)27(35)36/h5-8,17-26,28,33-34H,9-10H2,1-4H3/t17?,18?,19-,20+,21-,22+,23?,24+,25-,26+/m1/s1. The molecule has 2 heterocycles. The van der Waals surface area contributed by atoms with Crippen molar-refractivity contribution in [2.24, 2.45) is 0 Å². The molecule has 3 rings (SSSR count). The lowest BCUT2D eigenvalue weighted by atomic mass is 9.96. The predicted octanol–water partition coefficient (Wildman–Crippen LogP) is -1.12. The van der Waals surface area contributed by atoms with Crippen molar-refractivity contribution in [2.75, 3.05) is 13.2 Å². The van der Waals surface area contributed by atoms with Crippen LogP contribution in [0, 0.1) is 10.1 Å². The van der Waals surface area contributed by atoms with Crippen LogP contribution in [-0.4, -0.2) is 119 Å². The lowest BCUT2D eigenvalue weighted by Gasteiger charge is -2.47. The molecule has 1 aromatic rings. The molecule has 0 amide bonds. The maximum atomic E-state index is 12.1. The molecular formula is C26H33NO17. The molecule has 0 radical (unpaired) electrons. The van der Waals surface area contributed by atoms with Crippen LogP contribution in [0.15, 0.2) is 24.3 Å². The molecule has 244 valence electrons. The third-order valence-electron chi connectivity index (χ3n) is 6.36. The summed E-state index contributed by atoms with van der Waals surface area (Å²) in [4.78, 5) is 58.1. The molecule has 0 bridgehead atoms. The molecule has 18 nitrogen and oxygen atoms in total. The number of carbonyl (C=O) groups excluding carboxylic acids is 4. The molecular weight excluding hydrogens is 598 g/mol. The number of ether oxygens (including phenoxy) is 8. The van der Waals surface area contributed by atoms with E-state index in [-0.39, 0.29) is 11.4 Å². The van der Waals surface area contributed by atoms with Gasteiger partial charge in [-0.05, 0) is 12.1 Å². The van der Waals surface area contributed by atoms with Crippen molar-refractivity contribution in [1.82, 2.24) is 0 Å². The molecule has 10 atom stereocenters. The Balaban J connectivity index is 2.02. The number of aliphatic hydroxyl groups is 3. The van der Waals surface area contributed by atoms with Crippen molar-refractivity contribution in [1.29, 1.82) is 0 Å². The molecule has 2 saturated heterocycles. The SMILES string of the molecule is CC(=O)OCC1O[C@@H](O[C@@H]2[C@H](Oc3ccc([N+](=O)[O-])cc3)OC(CO)[C@@H](O)[C@@H]2O)[C@@H](OC(C)=O)C(OC(C)=O)[C@@H]1OC(C)=O. The van der Waals surface area contributed by atoms with Gasteiger partial charge in [0.2, 0.25) is 6.29 Å². The molecule has 18 heteroatoms. The quantitative estimate of drug-likeness (QED) is 0.113. The van der Waals surface area contributed by atoms with Gasteiger partial charge >= 0.3 is 23.9 Å². The molecule has 3 unspecified atom stereocenters. The third-order valence-corrected chi connectivity index (χ3v) is 6.36. The number of carbonyl (C=O) groups is 4. The number of nitrogens with zero attached hydrogens (tertiary/aromatic N) is 1. The number of aliphatic hydroxyl groups excluding tert-OH is 3. The van der Waals surface area contributed by atoms with Gasteiger partial charge in [0.05, 0.1) is 11.5 Å². The molecule has 44 heavy (non-hydrogen) atoms. The van der Waals surface area contributed by atoms with Gasteiger partial charge in [0.15, 0.2) is 30.7 Å². The Morgan fingerprint density at radius 3 is 1.84 bits per heavy atom. The van der Waals surface area contributed by atoms with E-state index in [0.29, 0.717) is 0 Å². The number of rotatable bonds is 11. The number of nitro groups is 1. The summed E-state index contributed by atoms with van der Waals surface area (Å²) in [6.07, 6.45) is -16.2. The number of non-ortho nitro benzene ring substituents is 1. The molecule has 2 aliphatic heterocycles. The normalized spacial score (nSPS) is 31.7. The van der Waals surface area contributed by atoms with E-state index in [2.05, 4.69) is 0 Å². The van der Waals surface area contributed by atoms with E-state index in [9.17, 15) is 44.6 Å². The molecule has 0 aromatic heterocycles. The Morgan fingerprint density at radius 1 is 0.773 bits per heavy atom. The van der Waals surface area contributed by atoms with Crippen molar-refractivity contribution in [3.05, 3.63) is 34.4 Å². The Hall–Kier alpha value is -3.94. The van der Waals surface area contributed by atoms with Crippen molar-refractivity contribution in [3.8, 4) is 5.75 Å². The van der Waals surface area contributed by atoms with Gasteiger partial charge in [0.25, 0.3) is 5.69 Å². The van der Waals surface area contributed by atoms with E-state index < -0.39 is 103 Å². The molecule has 0 saturated carbocycles. The highest BCUT2D eigenvalue weighted by molar-refractivity contribution is 5.68. The lowest BCUT2D eigenvalue weighted by molar-refractivity contribution is -0.384. The summed E-state index contributed by atoms with van der Waals surface area (Å²) >= 11 is 0. The van der Waals surface area contributed by atoms with Crippen molar-refractivity contribution in [2.45, 2.75) is 89.1 Å². The van der Waals surface area contributed by atoms with Crippen molar-refractivity contribution >= 4 is 29.6 Å². The van der Waals surface area contributed by atoms with Gasteiger partial charge in [-0.2, -0.15) is 0 Å². The van der Waals surface area contributed by atoms with Crippen LogP contribution >= 0.6 is 0 Å². The zero-order chi connectivity index (χ0) is 32.7. The fourth-order valence-electron chi connectivity index (χ4n) is 4.53. The Bertz CT molecular complexity index is 1190. The maximum absolute atomic E-state index is 12.1. The van der Waals surface area contributed by atoms with E-state index >= 15 is 0 Å². The number of benzene rings is 1. The molecule has 2 aliphatic rings. The van der Waals surface area contributed by atoms with E-state index in [0.717, 1.165) is 39.8 Å². The summed E-state index contributed by atoms with van der Waals surface area (Å²) < 4.78 is 44.2. The van der Waals surface area contributed by atoms with Crippen LogP contribution < -0.4 is 4.74 Å². The van der Waals surface area contributed by atoms with Gasteiger partial charge in [-0.25, -0.2) is 0 Å². The molecule has 0 spiro atoms. The fraction of sp³-hybridized carbons (Fsp3) is 0.615. The summed E-state index contributed by atoms with van der Waals surface area (Å²) in [6, 6.07) is 4.70. The fourth-order valence-corrected chi connectivity index (χ4v) is 4.53. The Kier molecular flexibility index (Phi) is 11.9. The minimum absolute atomic E-state index is 0.00368. The van der Waals surface area contributed by atoms with Crippen LogP contribution in [0.1, 0.15) is 27.7 Å². The Morgan fingerprint density at radius 2 is 1.32 bits per heavy atom. The van der Waals surface area contributed by atoms with Crippen LogP contribution in [-0.2, 0) is 52.3 Å². The molecule has 0 aliphatic carbocycles.